The van der Waals surface area contributed by atoms with Gasteiger partial charge in [0, 0.05) is 25.9 Å². The number of rotatable bonds is 9. The lowest BCUT2D eigenvalue weighted by Gasteiger charge is -2.28. The highest BCUT2D eigenvalue weighted by Crippen LogP contribution is 2.23. The minimum atomic E-state index is -2.47. The van der Waals surface area contributed by atoms with Crippen molar-refractivity contribution in [3.8, 4) is 0 Å². The Labute approximate surface area is 107 Å². The molecule has 0 heterocycles. The molecule has 0 aliphatic rings. The molecule has 0 radical (unpaired) electrons. The van der Waals surface area contributed by atoms with Crippen LogP contribution in [-0.4, -0.2) is 32.9 Å². The molecule has 6 heteroatoms. The first-order valence-electron chi connectivity index (χ1n) is 5.30. The van der Waals surface area contributed by atoms with E-state index in [0.29, 0.717) is 19.8 Å². The maximum Gasteiger partial charge on any atom is 0.501 e. The fraction of sp³-hybridized carbons (Fsp3) is 1.00. The van der Waals surface area contributed by atoms with Gasteiger partial charge in [-0.25, -0.2) is 0 Å². The summed E-state index contributed by atoms with van der Waals surface area (Å²) in [4.78, 5) is 0. The van der Waals surface area contributed by atoms with Crippen molar-refractivity contribution >= 4 is 36.3 Å². The second kappa shape index (κ2) is 8.96. The van der Waals surface area contributed by atoms with E-state index in [4.69, 9.17) is 24.9 Å². The molecule has 0 spiro atoms. The van der Waals surface area contributed by atoms with Crippen molar-refractivity contribution in [1.82, 2.24) is 0 Å². The Morgan fingerprint density at radius 2 is 1.47 bits per heavy atom. The molecule has 0 aromatic carbocycles. The van der Waals surface area contributed by atoms with Gasteiger partial charge in [0.15, 0.2) is 0 Å². The van der Waals surface area contributed by atoms with Crippen LogP contribution >= 0.6 is 27.5 Å². The summed E-state index contributed by atoms with van der Waals surface area (Å²) in [6, 6.07) is 0.752. The van der Waals surface area contributed by atoms with Crippen molar-refractivity contribution < 1.29 is 13.3 Å². The third-order valence-corrected chi connectivity index (χ3v) is 5.52. The first-order valence-corrected chi connectivity index (χ1v) is 8.58. The first kappa shape index (κ1) is 15.9. The van der Waals surface area contributed by atoms with Gasteiger partial charge >= 0.3 is 8.80 Å². The maximum atomic E-state index is 5.86. The second-order valence-corrected chi connectivity index (χ2v) is 7.80. The van der Waals surface area contributed by atoms with Crippen molar-refractivity contribution in [2.24, 2.45) is 0 Å². The van der Waals surface area contributed by atoms with E-state index in [1.807, 2.05) is 20.8 Å². The summed E-state index contributed by atoms with van der Waals surface area (Å²) in [6.07, 6.45) is 0.785. The highest BCUT2D eigenvalue weighted by atomic mass is 79.9. The monoisotopic (exact) mass is 318 g/mol. The van der Waals surface area contributed by atoms with Gasteiger partial charge in [0.2, 0.25) is 0 Å². The van der Waals surface area contributed by atoms with Gasteiger partial charge in [-0.2, -0.15) is 0 Å². The molecule has 0 aliphatic carbocycles. The molecule has 0 aromatic heterocycles. The number of halogens is 2. The van der Waals surface area contributed by atoms with Gasteiger partial charge < -0.3 is 13.3 Å². The van der Waals surface area contributed by atoms with Crippen LogP contribution in [0, 0.1) is 0 Å². The zero-order valence-corrected chi connectivity index (χ0v) is 12.9. The van der Waals surface area contributed by atoms with E-state index in [9.17, 15) is 0 Å². The summed E-state index contributed by atoms with van der Waals surface area (Å²) in [5.41, 5.74) is 0. The molecule has 1 atom stereocenters. The molecule has 0 fully saturated rings. The molecular weight excluding hydrogens is 300 g/mol. The number of hydrogen-bond donors (Lipinski definition) is 0. The van der Waals surface area contributed by atoms with Crippen LogP contribution in [-0.2, 0) is 13.3 Å². The van der Waals surface area contributed by atoms with Crippen LogP contribution in [0.5, 0.6) is 0 Å². The second-order valence-electron chi connectivity index (χ2n) is 2.91. The van der Waals surface area contributed by atoms with E-state index in [2.05, 4.69) is 15.9 Å². The Bertz CT molecular complexity index is 143. The quantitative estimate of drug-likeness (QED) is 0.481. The van der Waals surface area contributed by atoms with E-state index in [-0.39, 0.29) is 4.29 Å². The Morgan fingerprint density at radius 3 is 1.73 bits per heavy atom. The molecule has 1 unspecified atom stereocenters. The standard InChI is InChI=1S/C9H20BrClO3Si/c1-4-12-15(13-5-2,14-6-3)8-7-9(10)11/h9H,4-8H2,1-3H3. The van der Waals surface area contributed by atoms with Crippen molar-refractivity contribution in [3.63, 3.8) is 0 Å². The van der Waals surface area contributed by atoms with Crippen LogP contribution in [0.1, 0.15) is 27.2 Å². The Kier molecular flexibility index (Phi) is 9.47. The molecule has 0 rings (SSSR count). The van der Waals surface area contributed by atoms with Gasteiger partial charge in [-0.15, -0.1) is 11.6 Å². The highest BCUT2D eigenvalue weighted by Gasteiger charge is 2.40. The summed E-state index contributed by atoms with van der Waals surface area (Å²) in [6.45, 7) is 7.69. The molecular formula is C9H20BrClO3Si. The molecule has 0 saturated carbocycles. The van der Waals surface area contributed by atoms with Crippen LogP contribution in [0.2, 0.25) is 6.04 Å². The maximum absolute atomic E-state index is 5.86. The minimum absolute atomic E-state index is 0.0502. The summed E-state index contributed by atoms with van der Waals surface area (Å²) in [5, 5.41) is 0. The zero-order chi connectivity index (χ0) is 11.7. The Balaban J connectivity index is 4.31. The zero-order valence-electron chi connectivity index (χ0n) is 9.59. The predicted molar refractivity (Wildman–Crippen MR) is 68.6 cm³/mol. The summed E-state index contributed by atoms with van der Waals surface area (Å²) >= 11 is 9.16. The van der Waals surface area contributed by atoms with Gasteiger partial charge in [0.25, 0.3) is 0 Å². The van der Waals surface area contributed by atoms with Gasteiger partial charge in [-0.05, 0) is 27.2 Å². The van der Waals surface area contributed by atoms with Crippen LogP contribution in [0.15, 0.2) is 0 Å². The molecule has 15 heavy (non-hydrogen) atoms. The van der Waals surface area contributed by atoms with Gasteiger partial charge in [-0.1, -0.05) is 15.9 Å². The SMILES string of the molecule is CCO[Si](CCC(Cl)Br)(OCC)OCC. The van der Waals surface area contributed by atoms with Crippen LogP contribution < -0.4 is 0 Å². The van der Waals surface area contributed by atoms with Gasteiger partial charge in [0.05, 0.1) is 4.29 Å². The number of alkyl halides is 2. The molecule has 0 amide bonds. The molecule has 0 aromatic rings. The van der Waals surface area contributed by atoms with E-state index in [1.165, 1.54) is 0 Å². The topological polar surface area (TPSA) is 27.7 Å². The van der Waals surface area contributed by atoms with E-state index in [0.717, 1.165) is 12.5 Å². The smallest absolute Gasteiger partial charge is 0.374 e. The Morgan fingerprint density at radius 1 is 1.07 bits per heavy atom. The summed E-state index contributed by atoms with van der Waals surface area (Å²) in [5.74, 6) is 0. The average molecular weight is 320 g/mol. The van der Waals surface area contributed by atoms with Crippen molar-refractivity contribution in [3.05, 3.63) is 0 Å². The van der Waals surface area contributed by atoms with E-state index < -0.39 is 8.80 Å². The molecule has 0 N–H and O–H groups in total. The lowest BCUT2D eigenvalue weighted by Crippen LogP contribution is -2.46. The van der Waals surface area contributed by atoms with Gasteiger partial charge in [0.1, 0.15) is 0 Å². The highest BCUT2D eigenvalue weighted by molar-refractivity contribution is 9.10. The summed E-state index contributed by atoms with van der Waals surface area (Å²) < 4.78 is 17.0. The molecule has 3 nitrogen and oxygen atoms in total. The molecule has 92 valence electrons. The third-order valence-electron chi connectivity index (χ3n) is 1.76. The van der Waals surface area contributed by atoms with Crippen molar-refractivity contribution in [2.75, 3.05) is 19.8 Å². The third kappa shape index (κ3) is 6.91. The van der Waals surface area contributed by atoms with Crippen LogP contribution in [0.3, 0.4) is 0 Å². The Hall–Kier alpha value is 0.867. The van der Waals surface area contributed by atoms with Crippen LogP contribution in [0.4, 0.5) is 0 Å². The van der Waals surface area contributed by atoms with Crippen molar-refractivity contribution in [2.45, 2.75) is 37.5 Å². The van der Waals surface area contributed by atoms with Crippen molar-refractivity contribution in [1.29, 1.82) is 0 Å². The van der Waals surface area contributed by atoms with Crippen LogP contribution in [0.25, 0.3) is 0 Å². The average Bonchev–Trinajstić information content (AvgIpc) is 2.16. The van der Waals surface area contributed by atoms with E-state index in [1.54, 1.807) is 0 Å². The normalized spacial score (nSPS) is 14.2. The lowest BCUT2D eigenvalue weighted by atomic mass is 10.6. The predicted octanol–water partition coefficient (Wildman–Crippen LogP) is 3.38. The number of hydrogen-bond acceptors (Lipinski definition) is 3. The first-order chi connectivity index (χ1) is 7.10. The van der Waals surface area contributed by atoms with Gasteiger partial charge in [-0.3, -0.25) is 0 Å². The lowest BCUT2D eigenvalue weighted by molar-refractivity contribution is 0.0711. The molecule has 0 aliphatic heterocycles. The van der Waals surface area contributed by atoms with E-state index >= 15 is 0 Å². The summed E-state index contributed by atoms with van der Waals surface area (Å²) in [7, 11) is -2.47. The fourth-order valence-electron chi connectivity index (χ4n) is 1.29. The molecule has 0 bridgehead atoms. The molecule has 0 saturated heterocycles. The minimum Gasteiger partial charge on any atom is -0.374 e. The fourth-order valence-corrected chi connectivity index (χ4v) is 4.88. The largest absolute Gasteiger partial charge is 0.501 e.